The van der Waals surface area contributed by atoms with Gasteiger partial charge in [-0.3, -0.25) is 4.68 Å². The molecule has 0 N–H and O–H groups in total. The molecule has 0 radical (unpaired) electrons. The van der Waals surface area contributed by atoms with Crippen LogP contribution in [0.15, 0.2) is 104 Å². The van der Waals surface area contributed by atoms with Crippen LogP contribution in [0.5, 0.6) is 11.5 Å². The monoisotopic (exact) mass is 745 g/mol. The van der Waals surface area contributed by atoms with Gasteiger partial charge in [-0.25, -0.2) is 9.37 Å². The molecule has 214 valence electrons. The van der Waals surface area contributed by atoms with Crippen molar-refractivity contribution in [3.05, 3.63) is 133 Å². The molecule has 0 fully saturated rings. The number of fused-ring (bicyclic) bond motifs is 3. The molecule has 0 bridgehead atoms. The summed E-state index contributed by atoms with van der Waals surface area (Å²) in [6.07, 6.45) is 7.52. The summed E-state index contributed by atoms with van der Waals surface area (Å²) < 4.78 is 24.2. The third-order valence-electron chi connectivity index (χ3n) is 7.46. The fourth-order valence-electron chi connectivity index (χ4n) is 5.64. The maximum Gasteiger partial charge on any atom is 2.00 e. The molecule has 0 aliphatic rings. The molecule has 5 nitrogen and oxygen atoms in total. The van der Waals surface area contributed by atoms with E-state index in [1.165, 1.54) is 35.0 Å². The van der Waals surface area contributed by atoms with Crippen molar-refractivity contribution in [2.75, 3.05) is 0 Å². The fraction of sp³-hybridized carbons (Fsp3) is 0.111. The number of pyridine rings is 1. The molecule has 0 atom stereocenters. The topological polar surface area (TPSA) is 44.9 Å². The molecule has 0 saturated carbocycles. The summed E-state index contributed by atoms with van der Waals surface area (Å²) >= 11 is 0. The maximum absolute atomic E-state index is 14.2. The van der Waals surface area contributed by atoms with Gasteiger partial charge in [0.25, 0.3) is 0 Å². The van der Waals surface area contributed by atoms with Gasteiger partial charge in [-0.1, -0.05) is 55.3 Å². The van der Waals surface area contributed by atoms with Gasteiger partial charge in [0, 0.05) is 41.0 Å². The Morgan fingerprint density at radius 1 is 0.884 bits per heavy atom. The Kier molecular flexibility index (Phi) is 7.96. The van der Waals surface area contributed by atoms with E-state index in [1.807, 2.05) is 76.2 Å². The van der Waals surface area contributed by atoms with Gasteiger partial charge >= 0.3 is 21.1 Å². The van der Waals surface area contributed by atoms with Crippen LogP contribution < -0.4 is 4.74 Å². The van der Waals surface area contributed by atoms with Crippen molar-refractivity contribution in [2.45, 2.75) is 26.7 Å². The van der Waals surface area contributed by atoms with Crippen molar-refractivity contribution < 1.29 is 30.2 Å². The third-order valence-corrected chi connectivity index (χ3v) is 7.46. The van der Waals surface area contributed by atoms with Crippen LogP contribution in [0.2, 0.25) is 0 Å². The van der Waals surface area contributed by atoms with Crippen molar-refractivity contribution in [1.82, 2.24) is 19.3 Å². The predicted octanol–water partition coefficient (Wildman–Crippen LogP) is 8.82. The largest absolute Gasteiger partial charge is 2.00 e. The van der Waals surface area contributed by atoms with Crippen LogP contribution in [0.1, 0.15) is 24.5 Å². The van der Waals surface area contributed by atoms with Crippen molar-refractivity contribution in [2.24, 2.45) is 0 Å². The van der Waals surface area contributed by atoms with Gasteiger partial charge in [-0.05, 0) is 53.2 Å². The van der Waals surface area contributed by atoms with Gasteiger partial charge in [0.15, 0.2) is 0 Å². The number of hydrogen-bond donors (Lipinski definition) is 0. The summed E-state index contributed by atoms with van der Waals surface area (Å²) in [5, 5.41) is 6.66. The van der Waals surface area contributed by atoms with Gasteiger partial charge in [0.05, 0.1) is 6.20 Å². The number of halogens is 1. The zero-order chi connectivity index (χ0) is 28.6. The minimum atomic E-state index is -0.351. The smallest absolute Gasteiger partial charge is 0.509 e. The van der Waals surface area contributed by atoms with Crippen molar-refractivity contribution in [3.63, 3.8) is 0 Å². The molecular weight excluding hydrogens is 718 g/mol. The number of aromatic nitrogens is 4. The molecule has 0 aliphatic carbocycles. The summed E-state index contributed by atoms with van der Waals surface area (Å²) in [6, 6.07) is 33.6. The van der Waals surface area contributed by atoms with Gasteiger partial charge in [0.2, 0.25) is 0 Å². The Balaban J connectivity index is 0.00000329. The van der Waals surface area contributed by atoms with E-state index in [1.54, 1.807) is 0 Å². The zero-order valence-corrected chi connectivity index (χ0v) is 25.9. The molecule has 0 unspecified atom stereocenters. The first-order valence-corrected chi connectivity index (χ1v) is 14.0. The second kappa shape index (κ2) is 12.0. The van der Waals surface area contributed by atoms with E-state index in [4.69, 9.17) is 4.74 Å². The van der Waals surface area contributed by atoms with Crippen LogP contribution in [0.4, 0.5) is 4.39 Å². The standard InChI is InChI=1S/C36H27FN4O.Pt/c1-3-8-25-10-6-9-24(2)36(25)26-22-39-40(23-26)28-11-7-12-29(20-28)42-30-15-16-32-31-13-4-5-14-33(31)41(34(32)21-30)35-19-27(37)17-18-38-35;/h4-7,9-19,22-23H,3,8H2,1-2H3;/q-2;+2. The van der Waals surface area contributed by atoms with E-state index in [2.05, 4.69) is 54.3 Å². The van der Waals surface area contributed by atoms with Crippen LogP contribution in [0, 0.1) is 24.9 Å². The second-order valence-corrected chi connectivity index (χ2v) is 10.3. The predicted molar refractivity (Wildman–Crippen MR) is 164 cm³/mol. The Bertz CT molecular complexity index is 2080. The molecule has 0 amide bonds. The summed E-state index contributed by atoms with van der Waals surface area (Å²) in [7, 11) is 0. The number of para-hydroxylation sites is 1. The SMILES string of the molecule is CCCc1cccc(C)c1-c1cnn(-c2[c-]c(Oc3[c-]c4c(cc3)c3ccccc3n4-c3cc(F)ccn3)ccc2)c1.[Pt+2]. The van der Waals surface area contributed by atoms with Crippen molar-refractivity contribution >= 4 is 21.8 Å². The summed E-state index contributed by atoms with van der Waals surface area (Å²) in [4.78, 5) is 4.43. The normalized spacial score (nSPS) is 11.1. The molecule has 43 heavy (non-hydrogen) atoms. The number of ether oxygens (including phenoxy) is 1. The van der Waals surface area contributed by atoms with Gasteiger partial charge in [-0.15, -0.1) is 35.7 Å². The summed E-state index contributed by atoms with van der Waals surface area (Å²) in [5.41, 5.74) is 7.31. The number of nitrogens with zero attached hydrogens (tertiary/aromatic N) is 4. The Morgan fingerprint density at radius 2 is 1.72 bits per heavy atom. The summed E-state index contributed by atoms with van der Waals surface area (Å²) in [6.45, 7) is 4.34. The van der Waals surface area contributed by atoms with Crippen LogP contribution in [0.3, 0.4) is 0 Å². The van der Waals surface area contributed by atoms with E-state index < -0.39 is 0 Å². The first-order valence-electron chi connectivity index (χ1n) is 14.0. The van der Waals surface area contributed by atoms with E-state index in [0.717, 1.165) is 45.9 Å². The van der Waals surface area contributed by atoms with Gasteiger partial charge in [-0.2, -0.15) is 17.2 Å². The average Bonchev–Trinajstić information content (AvgIpc) is 3.61. The Morgan fingerprint density at radius 3 is 2.58 bits per heavy atom. The zero-order valence-electron chi connectivity index (χ0n) is 23.6. The number of aryl methyl sites for hydroxylation is 2. The minimum absolute atomic E-state index is 0. The molecule has 7 rings (SSSR count). The van der Waals surface area contributed by atoms with Crippen LogP contribution in [-0.2, 0) is 27.5 Å². The van der Waals surface area contributed by atoms with E-state index in [0.29, 0.717) is 17.3 Å². The quantitative estimate of drug-likeness (QED) is 0.153. The van der Waals surface area contributed by atoms with E-state index in [-0.39, 0.29) is 26.9 Å². The molecule has 4 aromatic carbocycles. The molecule has 7 aromatic rings. The molecular formula is C36H27FN4OPt. The molecule has 0 spiro atoms. The Hall–Kier alpha value is -4.54. The van der Waals surface area contributed by atoms with Crippen LogP contribution in [-0.4, -0.2) is 19.3 Å². The summed E-state index contributed by atoms with van der Waals surface area (Å²) in [5.74, 6) is 1.18. The van der Waals surface area contributed by atoms with E-state index >= 15 is 0 Å². The third kappa shape index (κ3) is 5.39. The number of benzene rings is 4. The molecule has 0 saturated heterocycles. The minimum Gasteiger partial charge on any atom is -0.509 e. The van der Waals surface area contributed by atoms with Gasteiger partial charge in [0.1, 0.15) is 11.6 Å². The van der Waals surface area contributed by atoms with Crippen molar-refractivity contribution in [1.29, 1.82) is 0 Å². The molecule has 3 aromatic heterocycles. The van der Waals surface area contributed by atoms with Crippen LogP contribution >= 0.6 is 0 Å². The molecule has 7 heteroatoms. The first-order chi connectivity index (χ1) is 20.6. The maximum atomic E-state index is 14.2. The Labute approximate surface area is 263 Å². The molecule has 0 aliphatic heterocycles. The van der Waals surface area contributed by atoms with E-state index in [9.17, 15) is 4.39 Å². The number of hydrogen-bond acceptors (Lipinski definition) is 3. The van der Waals surface area contributed by atoms with Crippen LogP contribution in [0.25, 0.3) is 44.4 Å². The first kappa shape index (κ1) is 28.6. The number of rotatable bonds is 7. The fourth-order valence-corrected chi connectivity index (χ4v) is 5.64. The average molecular weight is 746 g/mol. The van der Waals surface area contributed by atoms with Gasteiger partial charge < -0.3 is 9.30 Å². The van der Waals surface area contributed by atoms with Crippen molar-refractivity contribution in [3.8, 4) is 34.1 Å². The second-order valence-electron chi connectivity index (χ2n) is 10.3. The molecule has 3 heterocycles.